The van der Waals surface area contributed by atoms with Gasteiger partial charge in [0.05, 0.1) is 0 Å². The highest BCUT2D eigenvalue weighted by Gasteiger charge is 2.33. The minimum Gasteiger partial charge on any atom is -0.404 e. The van der Waals surface area contributed by atoms with Crippen molar-refractivity contribution in [3.63, 3.8) is 0 Å². The average molecular weight is 333 g/mol. The minimum absolute atomic E-state index is 0.523. The summed E-state index contributed by atoms with van der Waals surface area (Å²) in [7, 11) is -1.06. The first-order valence-corrected chi connectivity index (χ1v) is 10.1. The van der Waals surface area contributed by atoms with Crippen molar-refractivity contribution in [3.8, 4) is 0 Å². The molecule has 1 aliphatic rings. The molecule has 2 heteroatoms. The second kappa shape index (κ2) is 6.82. The Bertz CT molecular complexity index is 802. The van der Waals surface area contributed by atoms with E-state index < -0.39 is 8.96 Å². The zero-order chi connectivity index (χ0) is 17.3. The molecule has 0 aliphatic heterocycles. The summed E-state index contributed by atoms with van der Waals surface area (Å²) in [6.07, 6.45) is 0. The van der Waals surface area contributed by atoms with Crippen LogP contribution in [0.4, 0.5) is 5.69 Å². The molecule has 0 amide bonds. The molecule has 0 fully saturated rings. The van der Waals surface area contributed by atoms with Gasteiger partial charge in [0, 0.05) is 5.69 Å². The second-order valence-electron chi connectivity index (χ2n) is 6.75. The average Bonchev–Trinajstić information content (AvgIpc) is 2.78. The monoisotopic (exact) mass is 332 g/mol. The Morgan fingerprint density at radius 1 is 0.792 bits per heavy atom. The minimum atomic E-state index is -1.06. The van der Waals surface area contributed by atoms with Gasteiger partial charge in [0.1, 0.15) is 0 Å². The molecule has 1 N–H and O–H groups in total. The van der Waals surface area contributed by atoms with Crippen LogP contribution in [0.15, 0.2) is 76.5 Å². The molecule has 0 bridgehead atoms. The van der Waals surface area contributed by atoms with Gasteiger partial charge in [-0.1, -0.05) is 60.5 Å². The van der Waals surface area contributed by atoms with Crippen molar-refractivity contribution < 1.29 is 0 Å². The van der Waals surface area contributed by atoms with Gasteiger partial charge in [0.25, 0.3) is 0 Å². The zero-order valence-electron chi connectivity index (χ0n) is 15.3. The topological polar surface area (TPSA) is 12.0 Å². The van der Waals surface area contributed by atoms with Crippen molar-refractivity contribution >= 4 is 19.8 Å². The van der Waals surface area contributed by atoms with Crippen LogP contribution in [0.3, 0.4) is 0 Å². The molecular formula is C22H26NSi. The van der Waals surface area contributed by atoms with E-state index in [0.29, 0.717) is 5.92 Å². The van der Waals surface area contributed by atoms with Gasteiger partial charge in [-0.3, -0.25) is 0 Å². The van der Waals surface area contributed by atoms with E-state index in [0.717, 1.165) is 0 Å². The Labute approximate surface area is 147 Å². The number of hydrogen-bond acceptors (Lipinski definition) is 1. The van der Waals surface area contributed by atoms with Gasteiger partial charge < -0.3 is 4.98 Å². The van der Waals surface area contributed by atoms with E-state index in [1.165, 1.54) is 33.2 Å². The highest BCUT2D eigenvalue weighted by molar-refractivity contribution is 6.83. The van der Waals surface area contributed by atoms with Gasteiger partial charge in [-0.05, 0) is 67.3 Å². The second-order valence-corrected chi connectivity index (χ2v) is 8.83. The van der Waals surface area contributed by atoms with Gasteiger partial charge >= 0.3 is 0 Å². The van der Waals surface area contributed by atoms with E-state index in [1.807, 2.05) is 0 Å². The Morgan fingerprint density at radius 3 is 2.00 bits per heavy atom. The maximum atomic E-state index is 3.90. The van der Waals surface area contributed by atoms with Crippen molar-refractivity contribution in [1.82, 2.24) is 0 Å². The van der Waals surface area contributed by atoms with Crippen LogP contribution in [0.2, 0.25) is 0 Å². The molecule has 1 radical (unpaired) electrons. The molecule has 1 nitrogen and oxygen atoms in total. The van der Waals surface area contributed by atoms with Crippen molar-refractivity contribution in [3.05, 3.63) is 82.1 Å². The van der Waals surface area contributed by atoms with Crippen LogP contribution in [-0.2, 0) is 0 Å². The maximum absolute atomic E-state index is 3.90. The molecule has 2 aromatic rings. The molecule has 1 aliphatic carbocycles. The number of allylic oxidation sites excluding steroid dienone is 4. The predicted octanol–water partition coefficient (Wildman–Crippen LogP) is 5.15. The lowest BCUT2D eigenvalue weighted by molar-refractivity contribution is 0.853. The normalized spacial score (nSPS) is 17.8. The highest BCUT2D eigenvalue weighted by atomic mass is 28.3. The molecule has 0 saturated heterocycles. The van der Waals surface area contributed by atoms with Crippen LogP contribution in [0, 0.1) is 12.8 Å². The van der Waals surface area contributed by atoms with Gasteiger partial charge in [-0.25, -0.2) is 0 Å². The molecular weight excluding hydrogens is 306 g/mol. The van der Waals surface area contributed by atoms with Crippen LogP contribution in [-0.4, -0.2) is 8.96 Å². The van der Waals surface area contributed by atoms with Gasteiger partial charge in [0.15, 0.2) is 0 Å². The number of hydrogen-bond donors (Lipinski definition) is 1. The van der Waals surface area contributed by atoms with E-state index in [4.69, 9.17) is 0 Å². The third-order valence-electron chi connectivity index (χ3n) is 5.37. The molecule has 24 heavy (non-hydrogen) atoms. The van der Waals surface area contributed by atoms with Gasteiger partial charge in [-0.15, -0.1) is 0 Å². The highest BCUT2D eigenvalue weighted by Crippen LogP contribution is 2.38. The summed E-state index contributed by atoms with van der Waals surface area (Å²) in [5.74, 6) is 0.523. The first kappa shape index (κ1) is 16.8. The summed E-state index contributed by atoms with van der Waals surface area (Å²) in [5, 5.41) is 3.07. The Morgan fingerprint density at radius 2 is 1.42 bits per heavy atom. The first-order chi connectivity index (χ1) is 11.5. The molecule has 3 rings (SSSR count). The van der Waals surface area contributed by atoms with Crippen molar-refractivity contribution in [2.24, 2.45) is 5.92 Å². The Hall–Kier alpha value is -2.06. The van der Waals surface area contributed by atoms with E-state index in [2.05, 4.69) is 94.2 Å². The molecule has 1 atom stereocenters. The van der Waals surface area contributed by atoms with Crippen LogP contribution < -0.4 is 10.2 Å². The molecule has 2 aromatic carbocycles. The number of aryl methyl sites for hydroxylation is 1. The summed E-state index contributed by atoms with van der Waals surface area (Å²) in [6.45, 7) is 11.5. The Kier molecular flexibility index (Phi) is 4.77. The predicted molar refractivity (Wildman–Crippen MR) is 107 cm³/mol. The van der Waals surface area contributed by atoms with Crippen LogP contribution in [0.1, 0.15) is 33.3 Å². The first-order valence-electron chi connectivity index (χ1n) is 8.64. The molecule has 0 spiro atoms. The van der Waals surface area contributed by atoms with Crippen LogP contribution in [0.5, 0.6) is 0 Å². The summed E-state index contributed by atoms with van der Waals surface area (Å²) in [5.41, 5.74) is 7.08. The lowest BCUT2D eigenvalue weighted by Crippen LogP contribution is -2.44. The molecule has 123 valence electrons. The fourth-order valence-corrected chi connectivity index (χ4v) is 6.53. The zero-order valence-corrected chi connectivity index (χ0v) is 16.3. The summed E-state index contributed by atoms with van der Waals surface area (Å²) in [6, 6.07) is 19.5. The van der Waals surface area contributed by atoms with Gasteiger partial charge in [0.2, 0.25) is 8.96 Å². The molecule has 0 aromatic heterocycles. The quantitative estimate of drug-likeness (QED) is 0.764. The fourth-order valence-electron chi connectivity index (χ4n) is 3.57. The number of nitrogens with one attached hydrogen (secondary N) is 1. The van der Waals surface area contributed by atoms with Crippen LogP contribution in [0.25, 0.3) is 0 Å². The lowest BCUT2D eigenvalue weighted by atomic mass is 10.1. The molecule has 0 heterocycles. The van der Waals surface area contributed by atoms with Crippen LogP contribution >= 0.6 is 0 Å². The summed E-state index contributed by atoms with van der Waals surface area (Å²) in [4.78, 5) is 3.90. The SMILES string of the molecule is CC1=C(C)C(C)C([Si](Nc2ccccc2)c2ccccc2C)=C1C. The summed E-state index contributed by atoms with van der Waals surface area (Å²) < 4.78 is 0. The number of rotatable bonds is 4. The number of para-hydroxylation sites is 1. The number of benzene rings is 2. The van der Waals surface area contributed by atoms with E-state index in [-0.39, 0.29) is 0 Å². The maximum Gasteiger partial charge on any atom is 0.236 e. The molecule has 1 unspecified atom stereocenters. The smallest absolute Gasteiger partial charge is 0.236 e. The number of anilines is 1. The van der Waals surface area contributed by atoms with Crippen molar-refractivity contribution in [2.75, 3.05) is 4.98 Å². The van der Waals surface area contributed by atoms with Crippen molar-refractivity contribution in [2.45, 2.75) is 34.6 Å². The third kappa shape index (κ3) is 2.99. The van der Waals surface area contributed by atoms with Crippen molar-refractivity contribution in [1.29, 1.82) is 0 Å². The fraction of sp³-hybridized carbons (Fsp3) is 0.273. The van der Waals surface area contributed by atoms with E-state index in [9.17, 15) is 0 Å². The van der Waals surface area contributed by atoms with E-state index >= 15 is 0 Å². The summed E-state index contributed by atoms with van der Waals surface area (Å²) >= 11 is 0. The van der Waals surface area contributed by atoms with Gasteiger partial charge in [-0.2, -0.15) is 0 Å². The lowest BCUT2D eigenvalue weighted by Gasteiger charge is -2.25. The van der Waals surface area contributed by atoms with E-state index in [1.54, 1.807) is 5.20 Å². The standard InChI is InChI=1S/C22H26NSi/c1-15-11-9-10-14-21(15)24(23-20-12-7-6-8-13-20)22-18(4)16(2)17(3)19(22)5/h6-14,18,23H,1-5H3. The Balaban J connectivity index is 2.09. The third-order valence-corrected chi connectivity index (χ3v) is 8.35. The molecule has 0 saturated carbocycles. The largest absolute Gasteiger partial charge is 0.404 e.